The summed E-state index contributed by atoms with van der Waals surface area (Å²) in [5.41, 5.74) is 1.01. The minimum atomic E-state index is -3.70. The number of sulfonamides is 1. The third kappa shape index (κ3) is 4.04. The standard InChI is InChI=1S/C16H17ClN4O2S/c17-14-6-2-1-5-13(14)7-10-24(22,23)20-15-11-18-12-19-16(15)21-8-3-4-9-21/h1-2,5-7,10-12,20H,3-4,8-9H2/b10-7+. The normalized spacial score (nSPS) is 15.1. The lowest BCUT2D eigenvalue weighted by Crippen LogP contribution is -2.22. The van der Waals surface area contributed by atoms with Gasteiger partial charge in [-0.05, 0) is 30.5 Å². The first-order valence-electron chi connectivity index (χ1n) is 7.55. The van der Waals surface area contributed by atoms with Crippen LogP contribution in [0.1, 0.15) is 18.4 Å². The quantitative estimate of drug-likeness (QED) is 0.882. The summed E-state index contributed by atoms with van der Waals surface area (Å²) in [6.45, 7) is 1.72. The Labute approximate surface area is 146 Å². The van der Waals surface area contributed by atoms with Gasteiger partial charge in [0.2, 0.25) is 0 Å². The van der Waals surface area contributed by atoms with Crippen molar-refractivity contribution in [3.8, 4) is 0 Å². The second kappa shape index (κ2) is 7.19. The van der Waals surface area contributed by atoms with Gasteiger partial charge >= 0.3 is 0 Å². The van der Waals surface area contributed by atoms with Crippen molar-refractivity contribution in [3.63, 3.8) is 0 Å². The fraction of sp³-hybridized carbons (Fsp3) is 0.250. The first-order chi connectivity index (χ1) is 11.6. The zero-order valence-electron chi connectivity index (χ0n) is 12.9. The van der Waals surface area contributed by atoms with Crippen molar-refractivity contribution in [2.75, 3.05) is 22.7 Å². The van der Waals surface area contributed by atoms with Crippen LogP contribution in [-0.4, -0.2) is 31.5 Å². The van der Waals surface area contributed by atoms with Crippen LogP contribution < -0.4 is 9.62 Å². The number of rotatable bonds is 5. The Kier molecular flexibility index (Phi) is 5.01. The van der Waals surface area contributed by atoms with Crippen LogP contribution in [0, 0.1) is 0 Å². The third-order valence-electron chi connectivity index (χ3n) is 3.68. The third-order valence-corrected chi connectivity index (χ3v) is 5.02. The molecule has 1 fully saturated rings. The fourth-order valence-corrected chi connectivity index (χ4v) is 3.58. The summed E-state index contributed by atoms with van der Waals surface area (Å²) in [6.07, 6.45) is 6.50. The molecule has 0 saturated carbocycles. The molecule has 0 radical (unpaired) electrons. The van der Waals surface area contributed by atoms with Gasteiger partial charge in [0.1, 0.15) is 12.0 Å². The average Bonchev–Trinajstić information content (AvgIpc) is 3.09. The van der Waals surface area contributed by atoms with Crippen LogP contribution in [0.25, 0.3) is 6.08 Å². The highest BCUT2D eigenvalue weighted by Gasteiger charge is 2.19. The van der Waals surface area contributed by atoms with E-state index in [9.17, 15) is 8.42 Å². The lowest BCUT2D eigenvalue weighted by molar-refractivity contribution is 0.609. The number of hydrogen-bond donors (Lipinski definition) is 1. The van der Waals surface area contributed by atoms with E-state index in [0.717, 1.165) is 31.3 Å². The van der Waals surface area contributed by atoms with Gasteiger partial charge in [-0.15, -0.1) is 0 Å². The molecule has 24 heavy (non-hydrogen) atoms. The highest BCUT2D eigenvalue weighted by atomic mass is 35.5. The summed E-state index contributed by atoms with van der Waals surface area (Å²) in [4.78, 5) is 10.2. The molecule has 6 nitrogen and oxygen atoms in total. The molecule has 1 N–H and O–H groups in total. The maximum Gasteiger partial charge on any atom is 0.255 e. The maximum atomic E-state index is 12.3. The van der Waals surface area contributed by atoms with Crippen molar-refractivity contribution in [2.45, 2.75) is 12.8 Å². The molecule has 2 aromatic rings. The summed E-state index contributed by atoms with van der Waals surface area (Å²) in [7, 11) is -3.70. The van der Waals surface area contributed by atoms with Crippen LogP contribution in [0.3, 0.4) is 0 Å². The first kappa shape index (κ1) is 16.7. The van der Waals surface area contributed by atoms with E-state index in [4.69, 9.17) is 11.6 Å². The molecular formula is C16H17ClN4O2S. The van der Waals surface area contributed by atoms with Gasteiger partial charge in [0.05, 0.1) is 11.6 Å². The number of halogens is 1. The zero-order chi connectivity index (χ0) is 17.0. The van der Waals surface area contributed by atoms with E-state index in [1.54, 1.807) is 24.3 Å². The molecule has 0 bridgehead atoms. The molecule has 1 saturated heterocycles. The van der Waals surface area contributed by atoms with Gasteiger partial charge in [0.25, 0.3) is 10.0 Å². The summed E-state index contributed by atoms with van der Waals surface area (Å²) >= 11 is 6.03. The van der Waals surface area contributed by atoms with Crippen LogP contribution in [0.15, 0.2) is 42.2 Å². The Morgan fingerprint density at radius 3 is 2.71 bits per heavy atom. The Bertz CT molecular complexity index is 849. The average molecular weight is 365 g/mol. The molecule has 2 heterocycles. The molecule has 0 spiro atoms. The van der Waals surface area contributed by atoms with Crippen molar-refractivity contribution in [3.05, 3.63) is 52.8 Å². The lowest BCUT2D eigenvalue weighted by atomic mass is 10.2. The molecule has 0 aliphatic carbocycles. The van der Waals surface area contributed by atoms with E-state index in [-0.39, 0.29) is 0 Å². The molecule has 8 heteroatoms. The Balaban J connectivity index is 1.81. The lowest BCUT2D eigenvalue weighted by Gasteiger charge is -2.19. The van der Waals surface area contributed by atoms with Gasteiger partial charge in [0.15, 0.2) is 5.82 Å². The van der Waals surface area contributed by atoms with Crippen LogP contribution in [-0.2, 0) is 10.0 Å². The summed E-state index contributed by atoms with van der Waals surface area (Å²) in [5, 5.41) is 1.58. The van der Waals surface area contributed by atoms with E-state index in [1.807, 2.05) is 0 Å². The summed E-state index contributed by atoms with van der Waals surface area (Å²) in [5.74, 6) is 0.609. The zero-order valence-corrected chi connectivity index (χ0v) is 14.5. The number of anilines is 2. The summed E-state index contributed by atoms with van der Waals surface area (Å²) < 4.78 is 27.2. The largest absolute Gasteiger partial charge is 0.355 e. The molecule has 0 atom stereocenters. The van der Waals surface area contributed by atoms with E-state index in [0.29, 0.717) is 22.1 Å². The molecule has 126 valence electrons. The van der Waals surface area contributed by atoms with E-state index < -0.39 is 10.0 Å². The highest BCUT2D eigenvalue weighted by molar-refractivity contribution is 7.95. The smallest absolute Gasteiger partial charge is 0.255 e. The molecule has 1 aromatic carbocycles. The number of nitrogens with one attached hydrogen (secondary N) is 1. The highest BCUT2D eigenvalue weighted by Crippen LogP contribution is 2.26. The van der Waals surface area contributed by atoms with Gasteiger partial charge in [0, 0.05) is 18.1 Å². The van der Waals surface area contributed by atoms with Crippen LogP contribution in [0.2, 0.25) is 5.02 Å². The minimum Gasteiger partial charge on any atom is -0.355 e. The van der Waals surface area contributed by atoms with Gasteiger partial charge in [-0.1, -0.05) is 29.8 Å². The van der Waals surface area contributed by atoms with Gasteiger partial charge in [-0.2, -0.15) is 0 Å². The van der Waals surface area contributed by atoms with E-state index in [2.05, 4.69) is 19.6 Å². The molecular weight excluding hydrogens is 348 g/mol. The second-order valence-electron chi connectivity index (χ2n) is 5.43. The summed E-state index contributed by atoms with van der Waals surface area (Å²) in [6, 6.07) is 7.03. The van der Waals surface area contributed by atoms with Crippen LogP contribution in [0.4, 0.5) is 11.5 Å². The van der Waals surface area contributed by atoms with Crippen molar-refractivity contribution >= 4 is 39.2 Å². The van der Waals surface area contributed by atoms with Crippen LogP contribution >= 0.6 is 11.6 Å². The molecule has 0 amide bonds. The van der Waals surface area contributed by atoms with E-state index in [1.165, 1.54) is 18.6 Å². The van der Waals surface area contributed by atoms with Crippen molar-refractivity contribution in [1.29, 1.82) is 0 Å². The van der Waals surface area contributed by atoms with Gasteiger partial charge in [-0.25, -0.2) is 18.4 Å². The SMILES string of the molecule is O=S(=O)(/C=C/c1ccccc1Cl)Nc1cncnc1N1CCCC1. The van der Waals surface area contributed by atoms with Crippen LogP contribution in [0.5, 0.6) is 0 Å². The maximum absolute atomic E-state index is 12.3. The Morgan fingerprint density at radius 1 is 1.21 bits per heavy atom. The Hall–Kier alpha value is -2.12. The molecule has 3 rings (SSSR count). The van der Waals surface area contributed by atoms with Crippen molar-refractivity contribution in [1.82, 2.24) is 9.97 Å². The Morgan fingerprint density at radius 2 is 1.96 bits per heavy atom. The first-order valence-corrected chi connectivity index (χ1v) is 9.48. The predicted octanol–water partition coefficient (Wildman–Crippen LogP) is 3.14. The number of nitrogens with zero attached hydrogens (tertiary/aromatic N) is 3. The molecule has 1 aliphatic heterocycles. The second-order valence-corrected chi connectivity index (χ2v) is 7.40. The van der Waals surface area contributed by atoms with Gasteiger partial charge in [-0.3, -0.25) is 4.72 Å². The number of benzene rings is 1. The van der Waals surface area contributed by atoms with Crippen molar-refractivity contribution in [2.24, 2.45) is 0 Å². The minimum absolute atomic E-state index is 0.378. The molecule has 0 unspecified atom stereocenters. The number of hydrogen-bond acceptors (Lipinski definition) is 5. The van der Waals surface area contributed by atoms with Crippen molar-refractivity contribution < 1.29 is 8.42 Å². The topological polar surface area (TPSA) is 75.2 Å². The molecule has 1 aliphatic rings. The van der Waals surface area contributed by atoms with E-state index >= 15 is 0 Å². The predicted molar refractivity (Wildman–Crippen MR) is 96.5 cm³/mol. The number of aromatic nitrogens is 2. The van der Waals surface area contributed by atoms with Gasteiger partial charge < -0.3 is 4.90 Å². The monoisotopic (exact) mass is 364 g/mol. The molecule has 1 aromatic heterocycles. The fourth-order valence-electron chi connectivity index (χ4n) is 2.54.